The molecular formula is C48H30B2N2O4. The van der Waals surface area contributed by atoms with E-state index in [4.69, 9.17) is 18.8 Å². The normalized spacial score (nSPS) is 13.8. The average Bonchev–Trinajstić information content (AvgIpc) is 3.50. The molecule has 12 rings (SSSR count). The van der Waals surface area contributed by atoms with Gasteiger partial charge in [0.25, 0.3) is 0 Å². The van der Waals surface area contributed by atoms with Crippen LogP contribution in [0.1, 0.15) is 0 Å². The van der Waals surface area contributed by atoms with Gasteiger partial charge in [-0.15, -0.1) is 0 Å². The third-order valence-electron chi connectivity index (χ3n) is 11.2. The van der Waals surface area contributed by atoms with E-state index in [0.29, 0.717) is 11.5 Å². The van der Waals surface area contributed by atoms with Crippen molar-refractivity contribution < 1.29 is 18.8 Å². The standard InChI is InChI=1S/C48H30B2N2O4/c1-4-16-31(17-5-1)44-47-34(49-45-38(24-14-28-42(45)53-47)51(32-18-6-2-7-19-32)36-22-10-12-26-40(36)55-49)30-35-48(44)54-43-29-15-25-39-46(43)50(35)56-41-27-13-11-23-37(41)52(39)33-20-8-3-9-21-33/h1-30H. The Labute approximate surface area is 324 Å². The summed E-state index contributed by atoms with van der Waals surface area (Å²) in [6, 6.07) is 62.5. The minimum absolute atomic E-state index is 0.511. The Hall–Kier alpha value is -7.31. The van der Waals surface area contributed by atoms with E-state index in [1.165, 1.54) is 0 Å². The van der Waals surface area contributed by atoms with E-state index in [-0.39, 0.29) is 0 Å². The Morgan fingerprint density at radius 2 is 0.750 bits per heavy atom. The molecule has 0 radical (unpaired) electrons. The van der Waals surface area contributed by atoms with Crippen molar-refractivity contribution in [1.29, 1.82) is 0 Å². The molecule has 0 bridgehead atoms. The number of rotatable bonds is 3. The van der Waals surface area contributed by atoms with Crippen LogP contribution in [0.15, 0.2) is 182 Å². The molecule has 6 nitrogen and oxygen atoms in total. The number of hydrogen-bond acceptors (Lipinski definition) is 6. The summed E-state index contributed by atoms with van der Waals surface area (Å²) in [5.41, 5.74) is 11.5. The van der Waals surface area contributed by atoms with Crippen LogP contribution in [-0.4, -0.2) is 13.8 Å². The molecule has 4 aliphatic rings. The van der Waals surface area contributed by atoms with Crippen molar-refractivity contribution in [3.63, 3.8) is 0 Å². The van der Waals surface area contributed by atoms with Gasteiger partial charge in [0.05, 0.1) is 16.9 Å². The first kappa shape index (κ1) is 31.1. The maximum atomic E-state index is 7.25. The van der Waals surface area contributed by atoms with Crippen LogP contribution >= 0.6 is 0 Å². The molecule has 0 aromatic heterocycles. The van der Waals surface area contributed by atoms with Gasteiger partial charge in [0.15, 0.2) is 0 Å². The second-order valence-corrected chi connectivity index (χ2v) is 14.3. The maximum absolute atomic E-state index is 7.25. The van der Waals surface area contributed by atoms with Gasteiger partial charge in [0, 0.05) is 44.6 Å². The highest BCUT2D eigenvalue weighted by Gasteiger charge is 2.48. The number of para-hydroxylation sites is 6. The third kappa shape index (κ3) is 4.53. The largest absolute Gasteiger partial charge is 0.550 e. The Balaban J connectivity index is 1.14. The molecule has 8 aromatic rings. The predicted molar refractivity (Wildman–Crippen MR) is 226 cm³/mol. The van der Waals surface area contributed by atoms with Gasteiger partial charge in [-0.2, -0.15) is 0 Å². The molecule has 0 saturated heterocycles. The fourth-order valence-electron chi connectivity index (χ4n) is 8.81. The first-order valence-electron chi connectivity index (χ1n) is 18.9. The van der Waals surface area contributed by atoms with Crippen molar-refractivity contribution in [1.82, 2.24) is 0 Å². The average molecular weight is 720 g/mol. The number of anilines is 6. The molecule has 4 heterocycles. The molecule has 0 amide bonds. The summed E-state index contributed by atoms with van der Waals surface area (Å²) in [6.45, 7) is -1.02. The summed E-state index contributed by atoms with van der Waals surface area (Å²) in [5, 5.41) is 0. The van der Waals surface area contributed by atoms with Gasteiger partial charge < -0.3 is 28.6 Å². The van der Waals surface area contributed by atoms with E-state index in [0.717, 1.165) is 90.1 Å². The first-order chi connectivity index (χ1) is 27.8. The summed E-state index contributed by atoms with van der Waals surface area (Å²) in [6.07, 6.45) is 0. The zero-order chi connectivity index (χ0) is 36.7. The highest BCUT2D eigenvalue weighted by molar-refractivity contribution is 6.87. The van der Waals surface area contributed by atoms with E-state index in [1.807, 2.05) is 42.5 Å². The van der Waals surface area contributed by atoms with Crippen LogP contribution in [0.5, 0.6) is 34.5 Å². The highest BCUT2D eigenvalue weighted by Crippen LogP contribution is 2.50. The van der Waals surface area contributed by atoms with Gasteiger partial charge in [-0.25, -0.2) is 0 Å². The van der Waals surface area contributed by atoms with Crippen molar-refractivity contribution in [3.8, 4) is 45.6 Å². The quantitative estimate of drug-likeness (QED) is 0.170. The lowest BCUT2D eigenvalue weighted by Gasteiger charge is -2.34. The maximum Gasteiger partial charge on any atom is 0.436 e. The minimum Gasteiger partial charge on any atom is -0.550 e. The summed E-state index contributed by atoms with van der Waals surface area (Å²) < 4.78 is 28.7. The molecule has 0 saturated carbocycles. The zero-order valence-electron chi connectivity index (χ0n) is 30.0. The van der Waals surface area contributed by atoms with Crippen LogP contribution in [0.4, 0.5) is 34.1 Å². The molecule has 56 heavy (non-hydrogen) atoms. The summed E-state index contributed by atoms with van der Waals surface area (Å²) in [4.78, 5) is 4.54. The molecule has 8 aromatic carbocycles. The monoisotopic (exact) mass is 720 g/mol. The van der Waals surface area contributed by atoms with Crippen molar-refractivity contribution in [3.05, 3.63) is 182 Å². The molecule has 262 valence electrons. The number of fused-ring (bicyclic) bond motifs is 6. The molecule has 0 unspecified atom stereocenters. The number of nitrogens with zero attached hydrogens (tertiary/aromatic N) is 2. The minimum atomic E-state index is -0.511. The van der Waals surface area contributed by atoms with Gasteiger partial charge in [0.1, 0.15) is 34.5 Å². The number of ether oxygens (including phenoxy) is 2. The Morgan fingerprint density at radius 1 is 0.357 bits per heavy atom. The van der Waals surface area contributed by atoms with Gasteiger partial charge in [-0.05, 0) is 78.4 Å². The van der Waals surface area contributed by atoms with Crippen LogP contribution in [0.25, 0.3) is 11.1 Å². The summed E-state index contributed by atoms with van der Waals surface area (Å²) in [7, 11) is 0. The Bertz CT molecular complexity index is 2680. The number of benzene rings is 8. The Morgan fingerprint density at radius 3 is 1.23 bits per heavy atom. The molecule has 0 atom stereocenters. The van der Waals surface area contributed by atoms with E-state index >= 15 is 0 Å². The number of hydrogen-bond donors (Lipinski definition) is 0. The zero-order valence-corrected chi connectivity index (χ0v) is 30.0. The van der Waals surface area contributed by atoms with E-state index < -0.39 is 13.8 Å². The smallest absolute Gasteiger partial charge is 0.436 e. The molecule has 0 spiro atoms. The van der Waals surface area contributed by atoms with Crippen molar-refractivity contribution in [2.75, 3.05) is 9.80 Å². The summed E-state index contributed by atoms with van der Waals surface area (Å²) in [5.74, 6) is 4.43. The molecule has 0 N–H and O–H groups in total. The second-order valence-electron chi connectivity index (χ2n) is 14.3. The molecular weight excluding hydrogens is 690 g/mol. The lowest BCUT2D eigenvalue weighted by Crippen LogP contribution is -2.56. The van der Waals surface area contributed by atoms with Crippen molar-refractivity contribution in [2.24, 2.45) is 0 Å². The van der Waals surface area contributed by atoms with E-state index in [1.54, 1.807) is 0 Å². The van der Waals surface area contributed by atoms with Gasteiger partial charge in [-0.1, -0.05) is 109 Å². The predicted octanol–water partition coefficient (Wildman–Crippen LogP) is 9.50. The van der Waals surface area contributed by atoms with Crippen LogP contribution in [0, 0.1) is 0 Å². The molecule has 0 fully saturated rings. The topological polar surface area (TPSA) is 43.4 Å². The van der Waals surface area contributed by atoms with Gasteiger partial charge >= 0.3 is 13.8 Å². The van der Waals surface area contributed by atoms with Gasteiger partial charge in [-0.3, -0.25) is 0 Å². The Kier molecular flexibility index (Phi) is 6.72. The molecule has 0 aliphatic carbocycles. The first-order valence-corrected chi connectivity index (χ1v) is 18.9. The van der Waals surface area contributed by atoms with Crippen molar-refractivity contribution in [2.45, 2.75) is 0 Å². The van der Waals surface area contributed by atoms with Crippen LogP contribution in [0.2, 0.25) is 0 Å². The fourth-order valence-corrected chi connectivity index (χ4v) is 8.81. The summed E-state index contributed by atoms with van der Waals surface area (Å²) >= 11 is 0. The van der Waals surface area contributed by atoms with E-state index in [9.17, 15) is 0 Å². The van der Waals surface area contributed by atoms with E-state index in [2.05, 4.69) is 149 Å². The van der Waals surface area contributed by atoms with Crippen LogP contribution in [-0.2, 0) is 0 Å². The van der Waals surface area contributed by atoms with Crippen LogP contribution < -0.4 is 50.4 Å². The molecule has 4 aliphatic heterocycles. The van der Waals surface area contributed by atoms with Gasteiger partial charge in [0.2, 0.25) is 0 Å². The lowest BCUT2D eigenvalue weighted by atomic mass is 9.48. The highest BCUT2D eigenvalue weighted by atomic mass is 16.5. The van der Waals surface area contributed by atoms with Crippen molar-refractivity contribution >= 4 is 69.8 Å². The SMILES string of the molecule is c1ccc(-c2c3c(cc4c2Oc2cccc5c2B4Oc2ccccc2N5c2ccccc2)B2Oc4ccccc4N(c4ccccc4)c4cccc(c42)O3)cc1. The third-order valence-corrected chi connectivity index (χ3v) is 11.2. The fraction of sp³-hybridized carbons (Fsp3) is 0. The molecule has 8 heteroatoms. The second kappa shape index (κ2) is 12.1. The lowest BCUT2D eigenvalue weighted by molar-refractivity contribution is 0.463. The van der Waals surface area contributed by atoms with Crippen LogP contribution in [0.3, 0.4) is 0 Å².